The van der Waals surface area contributed by atoms with E-state index >= 15 is 0 Å². The van der Waals surface area contributed by atoms with E-state index in [1.54, 1.807) is 29.8 Å². The minimum atomic E-state index is -0.368. The van der Waals surface area contributed by atoms with Crippen molar-refractivity contribution in [2.75, 3.05) is 5.32 Å². The predicted molar refractivity (Wildman–Crippen MR) is 125 cm³/mol. The van der Waals surface area contributed by atoms with Crippen molar-refractivity contribution in [3.63, 3.8) is 0 Å². The quantitative estimate of drug-likeness (QED) is 0.363. The van der Waals surface area contributed by atoms with Crippen LogP contribution in [0, 0.1) is 13.8 Å². The fraction of sp³-hybridized carbons (Fsp3) is 0.143. The van der Waals surface area contributed by atoms with Gasteiger partial charge in [-0.05, 0) is 55.8 Å². The van der Waals surface area contributed by atoms with Gasteiger partial charge in [0, 0.05) is 16.3 Å². The molecule has 0 unspecified atom stereocenters. The molecule has 10 heteroatoms. The molecule has 6 nitrogen and oxygen atoms in total. The number of carbonyl (C=O) groups excluding carboxylic acids is 1. The molecule has 0 atom stereocenters. The maximum Gasteiger partial charge on any atom is 0.279 e. The first kappa shape index (κ1) is 21.8. The summed E-state index contributed by atoms with van der Waals surface area (Å²) in [7, 11) is 0. The van der Waals surface area contributed by atoms with Crippen LogP contribution in [0.4, 0.5) is 5.13 Å². The average molecular weight is 493 g/mol. The molecule has 31 heavy (non-hydrogen) atoms. The first-order valence-electron chi connectivity index (χ1n) is 9.21. The van der Waals surface area contributed by atoms with Crippen molar-refractivity contribution in [3.05, 3.63) is 85.1 Å². The van der Waals surface area contributed by atoms with Gasteiger partial charge in [0.1, 0.15) is 0 Å². The van der Waals surface area contributed by atoms with Crippen LogP contribution in [-0.4, -0.2) is 25.9 Å². The topological polar surface area (TPSA) is 72.7 Å². The second-order valence-corrected chi connectivity index (χ2v) is 9.15. The summed E-state index contributed by atoms with van der Waals surface area (Å²) in [5, 5.41) is 13.1. The van der Waals surface area contributed by atoms with Gasteiger partial charge < -0.3 is 0 Å². The van der Waals surface area contributed by atoms with Crippen molar-refractivity contribution >= 4 is 57.2 Å². The Bertz CT molecular complexity index is 1270. The molecule has 0 saturated heterocycles. The van der Waals surface area contributed by atoms with Crippen LogP contribution in [0.15, 0.2) is 42.5 Å². The van der Waals surface area contributed by atoms with E-state index in [9.17, 15) is 4.79 Å². The highest BCUT2D eigenvalue weighted by Gasteiger charge is 2.19. The number of nitrogens with one attached hydrogen (secondary N) is 1. The SMILES string of the molecule is Cc1nc(NC(=O)c2nnn(-c3ccc(Cl)cc3)c2C)sc1Cc1ccc(Cl)c(Cl)c1. The summed E-state index contributed by atoms with van der Waals surface area (Å²) in [5.41, 5.74) is 3.47. The lowest BCUT2D eigenvalue weighted by Crippen LogP contribution is -2.14. The number of aryl methyl sites for hydroxylation is 1. The third-order valence-electron chi connectivity index (χ3n) is 4.64. The van der Waals surface area contributed by atoms with Gasteiger partial charge in [-0.25, -0.2) is 9.67 Å². The second kappa shape index (κ2) is 8.96. The second-order valence-electron chi connectivity index (χ2n) is 6.82. The highest BCUT2D eigenvalue weighted by molar-refractivity contribution is 7.15. The van der Waals surface area contributed by atoms with Crippen molar-refractivity contribution in [1.29, 1.82) is 0 Å². The summed E-state index contributed by atoms with van der Waals surface area (Å²) in [5.74, 6) is -0.368. The number of rotatable bonds is 5. The van der Waals surface area contributed by atoms with Crippen LogP contribution >= 0.6 is 46.1 Å². The maximum atomic E-state index is 12.8. The molecule has 2 aromatic carbocycles. The van der Waals surface area contributed by atoms with E-state index in [-0.39, 0.29) is 11.6 Å². The molecule has 0 aliphatic heterocycles. The highest BCUT2D eigenvalue weighted by atomic mass is 35.5. The van der Waals surface area contributed by atoms with Gasteiger partial charge in [-0.2, -0.15) is 0 Å². The summed E-state index contributed by atoms with van der Waals surface area (Å²) in [6.45, 7) is 3.69. The molecule has 0 spiro atoms. The maximum absolute atomic E-state index is 12.8. The zero-order chi connectivity index (χ0) is 22.1. The van der Waals surface area contributed by atoms with Crippen molar-refractivity contribution in [2.45, 2.75) is 20.3 Å². The Morgan fingerprint density at radius 2 is 1.81 bits per heavy atom. The number of carbonyl (C=O) groups is 1. The average Bonchev–Trinajstić information content (AvgIpc) is 3.27. The van der Waals surface area contributed by atoms with Crippen LogP contribution in [0.5, 0.6) is 0 Å². The largest absolute Gasteiger partial charge is 0.296 e. The fourth-order valence-electron chi connectivity index (χ4n) is 3.00. The molecule has 2 heterocycles. The molecule has 1 N–H and O–H groups in total. The summed E-state index contributed by atoms with van der Waals surface area (Å²) in [6.07, 6.45) is 0.641. The van der Waals surface area contributed by atoms with Crippen molar-refractivity contribution < 1.29 is 4.79 Å². The number of nitrogens with zero attached hydrogens (tertiary/aromatic N) is 4. The Morgan fingerprint density at radius 1 is 1.06 bits per heavy atom. The summed E-state index contributed by atoms with van der Waals surface area (Å²) in [6, 6.07) is 12.7. The predicted octanol–water partition coefficient (Wildman–Crippen LogP) is 6.14. The lowest BCUT2D eigenvalue weighted by Gasteiger charge is -2.04. The number of anilines is 1. The van der Waals surface area contributed by atoms with Gasteiger partial charge in [-0.1, -0.05) is 46.1 Å². The normalized spacial score (nSPS) is 11.0. The van der Waals surface area contributed by atoms with Gasteiger partial charge in [0.2, 0.25) is 0 Å². The van der Waals surface area contributed by atoms with Crippen LogP contribution in [0.1, 0.15) is 32.3 Å². The van der Waals surface area contributed by atoms with E-state index in [1.807, 2.05) is 31.2 Å². The van der Waals surface area contributed by atoms with Gasteiger partial charge in [0.15, 0.2) is 10.8 Å². The van der Waals surface area contributed by atoms with Crippen LogP contribution in [0.25, 0.3) is 5.69 Å². The number of amides is 1. The molecule has 2 aromatic heterocycles. The van der Waals surface area contributed by atoms with E-state index in [0.29, 0.717) is 32.3 Å². The zero-order valence-electron chi connectivity index (χ0n) is 16.5. The Balaban J connectivity index is 1.51. The molecule has 0 saturated carbocycles. The van der Waals surface area contributed by atoms with Gasteiger partial charge in [0.25, 0.3) is 5.91 Å². The molecule has 158 valence electrons. The Kier molecular flexibility index (Phi) is 6.29. The van der Waals surface area contributed by atoms with Crippen LogP contribution in [-0.2, 0) is 6.42 Å². The van der Waals surface area contributed by atoms with E-state index < -0.39 is 0 Å². The fourth-order valence-corrected chi connectivity index (χ4v) is 4.44. The van der Waals surface area contributed by atoms with Crippen LogP contribution in [0.3, 0.4) is 0 Å². The molecule has 0 aliphatic carbocycles. The van der Waals surface area contributed by atoms with Gasteiger partial charge >= 0.3 is 0 Å². The molecular weight excluding hydrogens is 477 g/mol. The molecule has 4 aromatic rings. The van der Waals surface area contributed by atoms with E-state index in [1.165, 1.54) is 11.3 Å². The van der Waals surface area contributed by atoms with Gasteiger partial charge in [-0.15, -0.1) is 16.4 Å². The van der Waals surface area contributed by atoms with Crippen molar-refractivity contribution in [1.82, 2.24) is 20.0 Å². The van der Waals surface area contributed by atoms with Crippen molar-refractivity contribution in [2.24, 2.45) is 0 Å². The van der Waals surface area contributed by atoms with Crippen LogP contribution < -0.4 is 5.32 Å². The molecule has 1 amide bonds. The highest BCUT2D eigenvalue weighted by Crippen LogP contribution is 2.29. The Hall–Kier alpha value is -2.45. The van der Waals surface area contributed by atoms with E-state index in [2.05, 4.69) is 20.6 Å². The van der Waals surface area contributed by atoms with Gasteiger partial charge in [-0.3, -0.25) is 10.1 Å². The Labute approximate surface area is 197 Å². The van der Waals surface area contributed by atoms with E-state index in [0.717, 1.165) is 21.8 Å². The molecular formula is C21H16Cl3N5OS. The first-order chi connectivity index (χ1) is 14.8. The third-order valence-corrected chi connectivity index (χ3v) is 6.71. The number of hydrogen-bond donors (Lipinski definition) is 1. The summed E-state index contributed by atoms with van der Waals surface area (Å²) >= 11 is 19.4. The van der Waals surface area contributed by atoms with Crippen LogP contribution in [0.2, 0.25) is 15.1 Å². The minimum absolute atomic E-state index is 0.230. The zero-order valence-corrected chi connectivity index (χ0v) is 19.6. The molecule has 0 aliphatic rings. The minimum Gasteiger partial charge on any atom is -0.296 e. The number of aromatic nitrogens is 4. The number of hydrogen-bond acceptors (Lipinski definition) is 5. The summed E-state index contributed by atoms with van der Waals surface area (Å²) in [4.78, 5) is 18.3. The van der Waals surface area contributed by atoms with Gasteiger partial charge in [0.05, 0.1) is 27.1 Å². The molecule has 0 fully saturated rings. The molecule has 0 bridgehead atoms. The Morgan fingerprint density at radius 3 is 2.52 bits per heavy atom. The number of benzene rings is 2. The standard InChI is InChI=1S/C21H16Cl3N5OS/c1-11-18(10-13-3-8-16(23)17(24)9-13)31-21(25-11)26-20(30)19-12(2)29(28-27-19)15-6-4-14(22)5-7-15/h3-9H,10H2,1-2H3,(H,25,26,30). The number of halogens is 3. The van der Waals surface area contributed by atoms with Crippen molar-refractivity contribution in [3.8, 4) is 5.69 Å². The lowest BCUT2D eigenvalue weighted by atomic mass is 10.1. The lowest BCUT2D eigenvalue weighted by molar-refractivity contribution is 0.102. The van der Waals surface area contributed by atoms with E-state index in [4.69, 9.17) is 34.8 Å². The summed E-state index contributed by atoms with van der Waals surface area (Å²) < 4.78 is 1.59. The smallest absolute Gasteiger partial charge is 0.279 e. The monoisotopic (exact) mass is 491 g/mol. The first-order valence-corrected chi connectivity index (χ1v) is 11.2. The molecule has 0 radical (unpaired) electrons. The third kappa shape index (κ3) is 4.75. The number of thiazole rings is 1. The molecule has 4 rings (SSSR count).